The number of amides is 1. The highest BCUT2D eigenvalue weighted by Gasteiger charge is 2.11. The molecule has 0 aliphatic carbocycles. The average Bonchev–Trinajstić information content (AvgIpc) is 2.53. The Kier molecular flexibility index (Phi) is 4.71. The minimum Gasteiger partial charge on any atom is -0.497 e. The number of rotatable bonds is 5. The number of likely N-dealkylation sites (N-methyl/N-ethyl adjacent to an activating group) is 1. The maximum Gasteiger partial charge on any atom is 0.253 e. The topological polar surface area (TPSA) is 42.4 Å². The first kappa shape index (κ1) is 14.1. The fraction of sp³-hybridized carbons (Fsp3) is 0.250. The molecule has 2 aromatic rings. The Hall–Kier alpha value is -2.36. The number of hydrogen-bond donors (Lipinski definition) is 0. The van der Waals surface area contributed by atoms with Gasteiger partial charge in [-0.25, -0.2) is 0 Å². The average molecular weight is 270 g/mol. The second kappa shape index (κ2) is 6.70. The summed E-state index contributed by atoms with van der Waals surface area (Å²) in [6, 6.07) is 12.9. The standard InChI is InChI=1S/C16H18N2O2/c1-18(12-10-14-5-3-4-11-17-14)16(19)13-6-8-15(20-2)9-7-13/h3-9,11H,10,12H2,1-2H3. The van der Waals surface area contributed by atoms with Crippen LogP contribution in [0.5, 0.6) is 5.75 Å². The van der Waals surface area contributed by atoms with Crippen molar-refractivity contribution in [2.75, 3.05) is 20.7 Å². The molecule has 0 saturated heterocycles. The van der Waals surface area contributed by atoms with Crippen LogP contribution >= 0.6 is 0 Å². The van der Waals surface area contributed by atoms with Crippen LogP contribution in [-0.2, 0) is 6.42 Å². The maximum absolute atomic E-state index is 12.2. The molecule has 0 aliphatic heterocycles. The number of nitrogens with zero attached hydrogens (tertiary/aromatic N) is 2. The zero-order valence-electron chi connectivity index (χ0n) is 11.7. The van der Waals surface area contributed by atoms with Gasteiger partial charge in [0.25, 0.3) is 5.91 Å². The van der Waals surface area contributed by atoms with E-state index in [9.17, 15) is 4.79 Å². The van der Waals surface area contributed by atoms with Gasteiger partial charge in [-0.05, 0) is 36.4 Å². The molecule has 1 heterocycles. The van der Waals surface area contributed by atoms with Gasteiger partial charge >= 0.3 is 0 Å². The van der Waals surface area contributed by atoms with Crippen LogP contribution in [0.25, 0.3) is 0 Å². The quantitative estimate of drug-likeness (QED) is 0.838. The van der Waals surface area contributed by atoms with Crippen molar-refractivity contribution in [3.8, 4) is 5.75 Å². The molecule has 104 valence electrons. The van der Waals surface area contributed by atoms with Crippen molar-refractivity contribution in [3.63, 3.8) is 0 Å². The molecule has 1 aromatic carbocycles. The van der Waals surface area contributed by atoms with Crippen LogP contribution in [0.15, 0.2) is 48.7 Å². The summed E-state index contributed by atoms with van der Waals surface area (Å²) in [7, 11) is 3.41. The molecule has 0 N–H and O–H groups in total. The number of carbonyl (C=O) groups excluding carboxylic acids is 1. The van der Waals surface area contributed by atoms with E-state index >= 15 is 0 Å². The zero-order valence-corrected chi connectivity index (χ0v) is 11.7. The van der Waals surface area contributed by atoms with Gasteiger partial charge in [-0.2, -0.15) is 0 Å². The second-order valence-electron chi connectivity index (χ2n) is 4.53. The van der Waals surface area contributed by atoms with Gasteiger partial charge in [0.15, 0.2) is 0 Å². The molecule has 2 rings (SSSR count). The Morgan fingerprint density at radius 3 is 2.55 bits per heavy atom. The Morgan fingerprint density at radius 2 is 1.95 bits per heavy atom. The van der Waals surface area contributed by atoms with Crippen LogP contribution in [0.2, 0.25) is 0 Å². The summed E-state index contributed by atoms with van der Waals surface area (Å²) in [6.07, 6.45) is 2.51. The fourth-order valence-corrected chi connectivity index (χ4v) is 1.88. The third-order valence-corrected chi connectivity index (χ3v) is 3.11. The molecule has 1 amide bonds. The molecule has 0 unspecified atom stereocenters. The van der Waals surface area contributed by atoms with E-state index in [0.29, 0.717) is 12.1 Å². The molecule has 0 aliphatic rings. The van der Waals surface area contributed by atoms with E-state index < -0.39 is 0 Å². The zero-order chi connectivity index (χ0) is 14.4. The summed E-state index contributed by atoms with van der Waals surface area (Å²) in [6.45, 7) is 0.641. The van der Waals surface area contributed by atoms with Gasteiger partial charge in [0.1, 0.15) is 5.75 Å². The van der Waals surface area contributed by atoms with E-state index in [-0.39, 0.29) is 5.91 Å². The third-order valence-electron chi connectivity index (χ3n) is 3.11. The number of pyridine rings is 1. The van der Waals surface area contributed by atoms with Crippen LogP contribution in [0.1, 0.15) is 16.1 Å². The van der Waals surface area contributed by atoms with Crippen LogP contribution < -0.4 is 4.74 Å². The number of hydrogen-bond acceptors (Lipinski definition) is 3. The van der Waals surface area contributed by atoms with Crippen LogP contribution in [0.4, 0.5) is 0 Å². The summed E-state index contributed by atoms with van der Waals surface area (Å²) in [4.78, 5) is 18.2. The second-order valence-corrected chi connectivity index (χ2v) is 4.53. The minimum atomic E-state index is 0.00332. The number of aromatic nitrogens is 1. The molecule has 0 saturated carbocycles. The lowest BCUT2D eigenvalue weighted by Gasteiger charge is -2.17. The Morgan fingerprint density at radius 1 is 1.20 bits per heavy atom. The van der Waals surface area contributed by atoms with Gasteiger partial charge in [0.05, 0.1) is 7.11 Å². The summed E-state index contributed by atoms with van der Waals surface area (Å²) in [5.74, 6) is 0.751. The molecular formula is C16H18N2O2. The van der Waals surface area contributed by atoms with E-state index in [1.165, 1.54) is 0 Å². The van der Waals surface area contributed by atoms with E-state index in [1.807, 2.05) is 18.2 Å². The van der Waals surface area contributed by atoms with E-state index in [1.54, 1.807) is 49.5 Å². The van der Waals surface area contributed by atoms with Gasteiger partial charge in [-0.3, -0.25) is 9.78 Å². The van der Waals surface area contributed by atoms with Crippen LogP contribution in [0, 0.1) is 0 Å². The SMILES string of the molecule is COc1ccc(C(=O)N(C)CCc2ccccn2)cc1. The molecule has 4 nitrogen and oxygen atoms in total. The van der Waals surface area contributed by atoms with Gasteiger partial charge in [0, 0.05) is 37.5 Å². The molecule has 20 heavy (non-hydrogen) atoms. The number of benzene rings is 1. The lowest BCUT2D eigenvalue weighted by atomic mass is 10.2. The molecule has 0 atom stereocenters. The lowest BCUT2D eigenvalue weighted by molar-refractivity contribution is 0.0796. The van der Waals surface area contributed by atoms with Crippen molar-refractivity contribution in [1.29, 1.82) is 0 Å². The highest BCUT2D eigenvalue weighted by Crippen LogP contribution is 2.12. The predicted molar refractivity (Wildman–Crippen MR) is 77.9 cm³/mol. The summed E-state index contributed by atoms with van der Waals surface area (Å²) in [5.41, 5.74) is 1.65. The van der Waals surface area contributed by atoms with Crippen molar-refractivity contribution in [1.82, 2.24) is 9.88 Å². The monoisotopic (exact) mass is 270 g/mol. The van der Waals surface area contributed by atoms with E-state index in [2.05, 4.69) is 4.98 Å². The highest BCUT2D eigenvalue weighted by atomic mass is 16.5. The summed E-state index contributed by atoms with van der Waals surface area (Å²) < 4.78 is 5.08. The summed E-state index contributed by atoms with van der Waals surface area (Å²) >= 11 is 0. The largest absolute Gasteiger partial charge is 0.497 e. The normalized spacial score (nSPS) is 10.1. The molecular weight excluding hydrogens is 252 g/mol. The van der Waals surface area contributed by atoms with Gasteiger partial charge < -0.3 is 9.64 Å². The molecule has 0 radical (unpaired) electrons. The van der Waals surface area contributed by atoms with Crippen LogP contribution in [-0.4, -0.2) is 36.5 Å². The van der Waals surface area contributed by atoms with Crippen molar-refractivity contribution in [2.24, 2.45) is 0 Å². The molecule has 0 spiro atoms. The molecule has 1 aromatic heterocycles. The first-order valence-corrected chi connectivity index (χ1v) is 6.50. The summed E-state index contributed by atoms with van der Waals surface area (Å²) in [5, 5.41) is 0. The Bertz CT molecular complexity index is 552. The van der Waals surface area contributed by atoms with Gasteiger partial charge in [-0.1, -0.05) is 6.07 Å². The smallest absolute Gasteiger partial charge is 0.253 e. The Balaban J connectivity index is 1.94. The highest BCUT2D eigenvalue weighted by molar-refractivity contribution is 5.94. The fourth-order valence-electron chi connectivity index (χ4n) is 1.88. The first-order valence-electron chi connectivity index (χ1n) is 6.50. The van der Waals surface area contributed by atoms with Gasteiger partial charge in [0.2, 0.25) is 0 Å². The van der Waals surface area contributed by atoms with Crippen molar-refractivity contribution >= 4 is 5.91 Å². The number of ether oxygens (including phenoxy) is 1. The predicted octanol–water partition coefficient (Wildman–Crippen LogP) is 2.40. The number of methoxy groups -OCH3 is 1. The molecule has 0 fully saturated rings. The van der Waals surface area contributed by atoms with Crippen molar-refractivity contribution < 1.29 is 9.53 Å². The van der Waals surface area contributed by atoms with E-state index in [0.717, 1.165) is 17.9 Å². The Labute approximate surface area is 119 Å². The number of carbonyl (C=O) groups is 1. The third kappa shape index (κ3) is 3.57. The van der Waals surface area contributed by atoms with Gasteiger partial charge in [-0.15, -0.1) is 0 Å². The lowest BCUT2D eigenvalue weighted by Crippen LogP contribution is -2.28. The van der Waals surface area contributed by atoms with Crippen molar-refractivity contribution in [2.45, 2.75) is 6.42 Å². The molecule has 4 heteroatoms. The maximum atomic E-state index is 12.2. The first-order chi connectivity index (χ1) is 9.70. The van der Waals surface area contributed by atoms with Crippen LogP contribution in [0.3, 0.4) is 0 Å². The van der Waals surface area contributed by atoms with Crippen molar-refractivity contribution in [3.05, 3.63) is 59.9 Å². The minimum absolute atomic E-state index is 0.00332. The molecule has 0 bridgehead atoms. The van der Waals surface area contributed by atoms with E-state index in [4.69, 9.17) is 4.74 Å².